The highest BCUT2D eigenvalue weighted by atomic mass is 16.7. The summed E-state index contributed by atoms with van der Waals surface area (Å²) in [7, 11) is 4.18. The normalized spacial score (nSPS) is 11.8. The Bertz CT molecular complexity index is 1140. The Morgan fingerprint density at radius 1 is 0.319 bits per heavy atom. The van der Waals surface area contributed by atoms with Crippen molar-refractivity contribution in [3.63, 3.8) is 0 Å². The molecule has 1 atom stereocenters. The fraction of sp³-hybridized carbons (Fsp3) is 0.912. The number of hydrogen-bond acceptors (Lipinski definition) is 12. The van der Waals surface area contributed by atoms with Crippen molar-refractivity contribution < 1.29 is 52.4 Å². The van der Waals surface area contributed by atoms with E-state index in [-0.39, 0.29) is 63.1 Å². The molecule has 0 N–H and O–H groups in total. The molecule has 0 saturated carbocycles. The summed E-state index contributed by atoms with van der Waals surface area (Å²) in [4.78, 5) is 64.4. The maximum atomic E-state index is 12.7. The lowest BCUT2D eigenvalue weighted by atomic mass is 9.93. The topological polar surface area (TPSA) is 144 Å². The molecule has 0 radical (unpaired) electrons. The number of rotatable bonds is 52. The molecule has 0 aromatic rings. The van der Waals surface area contributed by atoms with Gasteiger partial charge in [-0.2, -0.15) is 0 Å². The third-order valence-corrected chi connectivity index (χ3v) is 12.9. The monoisotopic (exact) mass is 982 g/mol. The third kappa shape index (κ3) is 49.9. The molecule has 0 bridgehead atoms. The lowest BCUT2D eigenvalue weighted by molar-refractivity contribution is -0.150. The summed E-state index contributed by atoms with van der Waals surface area (Å²) in [5.74, 6) is -0.920. The minimum atomic E-state index is -0.764. The van der Waals surface area contributed by atoms with E-state index < -0.39 is 12.1 Å². The number of carbonyl (C=O) groups excluding carboxylic acids is 5. The van der Waals surface area contributed by atoms with Crippen LogP contribution in [0.25, 0.3) is 0 Å². The van der Waals surface area contributed by atoms with Crippen molar-refractivity contribution >= 4 is 30.0 Å². The van der Waals surface area contributed by atoms with E-state index in [1.165, 1.54) is 89.9 Å². The number of unbranched alkanes of at least 4 members (excludes halogenated alkanes) is 25. The first-order valence-corrected chi connectivity index (χ1v) is 28.7. The Labute approximate surface area is 422 Å². The molecular formula is C57H107NO11. The standard InChI is InChI=1S/C57H107NO11/c1-6-9-12-15-22-29-37-51(38-36-44-58(4)5)43-47-66-57(63)69-50-52(48-67-55(61)41-32-25-20-18-23-30-39-53(59)64-45-34-27-16-13-10-7-2)49-68-56(62)42-33-26-21-19-24-31-40-54(60)65-46-35-28-17-14-11-8-3/h51-52H,6-50H2,1-5H3. The summed E-state index contributed by atoms with van der Waals surface area (Å²) in [5, 5.41) is 0. The van der Waals surface area contributed by atoms with Crippen LogP contribution in [0.4, 0.5) is 4.79 Å². The van der Waals surface area contributed by atoms with Crippen LogP contribution in [0.2, 0.25) is 0 Å². The highest BCUT2D eigenvalue weighted by Crippen LogP contribution is 2.21. The summed E-state index contributed by atoms with van der Waals surface area (Å²) in [6.45, 7) is 8.84. The number of hydrogen-bond donors (Lipinski definition) is 0. The molecule has 0 heterocycles. The molecule has 0 spiro atoms. The predicted molar refractivity (Wildman–Crippen MR) is 279 cm³/mol. The quantitative estimate of drug-likeness (QED) is 0.0325. The average molecular weight is 982 g/mol. The van der Waals surface area contributed by atoms with Gasteiger partial charge in [-0.05, 0) is 84.3 Å². The second-order valence-corrected chi connectivity index (χ2v) is 20.0. The van der Waals surface area contributed by atoms with Crippen molar-refractivity contribution in [2.45, 2.75) is 265 Å². The van der Waals surface area contributed by atoms with Crippen LogP contribution in [0.5, 0.6) is 0 Å². The zero-order chi connectivity index (χ0) is 50.7. The van der Waals surface area contributed by atoms with Gasteiger partial charge in [-0.25, -0.2) is 4.79 Å². The molecule has 0 rings (SSSR count). The van der Waals surface area contributed by atoms with Gasteiger partial charge in [0.1, 0.15) is 19.8 Å². The van der Waals surface area contributed by atoms with Crippen molar-refractivity contribution in [3.05, 3.63) is 0 Å². The number of nitrogens with zero attached hydrogens (tertiary/aromatic N) is 1. The largest absolute Gasteiger partial charge is 0.508 e. The number of carbonyl (C=O) groups is 5. The maximum absolute atomic E-state index is 12.7. The zero-order valence-corrected chi connectivity index (χ0v) is 45.4. The molecule has 0 aliphatic carbocycles. The fourth-order valence-corrected chi connectivity index (χ4v) is 8.36. The number of esters is 4. The summed E-state index contributed by atoms with van der Waals surface area (Å²) in [6.07, 6.45) is 37.0. The molecule has 406 valence electrons. The predicted octanol–water partition coefficient (Wildman–Crippen LogP) is 15.0. The molecule has 0 aromatic carbocycles. The van der Waals surface area contributed by atoms with Crippen LogP contribution in [0.1, 0.15) is 265 Å². The van der Waals surface area contributed by atoms with Gasteiger partial charge in [-0.1, -0.05) is 181 Å². The van der Waals surface area contributed by atoms with Gasteiger partial charge in [0.25, 0.3) is 0 Å². The van der Waals surface area contributed by atoms with Crippen LogP contribution in [0.3, 0.4) is 0 Å². The Hall–Kier alpha value is -2.89. The van der Waals surface area contributed by atoms with Gasteiger partial charge in [0, 0.05) is 25.7 Å². The molecule has 0 aliphatic heterocycles. The Morgan fingerprint density at radius 2 is 0.652 bits per heavy atom. The van der Waals surface area contributed by atoms with E-state index in [1.54, 1.807) is 0 Å². The van der Waals surface area contributed by atoms with Crippen LogP contribution in [0.15, 0.2) is 0 Å². The SMILES string of the molecule is CCCCCCCCOC(=O)CCCCCCCCC(=O)OCC(COC(=O)CCCCCCCCC(=O)OCCCCCCCC)COC(=O)OCCC(CCCCCCCC)CCCN(C)C. The molecule has 12 heteroatoms. The van der Waals surface area contributed by atoms with Crippen molar-refractivity contribution in [3.8, 4) is 0 Å². The van der Waals surface area contributed by atoms with Crippen molar-refractivity contribution in [2.24, 2.45) is 11.8 Å². The molecular weight excluding hydrogens is 875 g/mol. The van der Waals surface area contributed by atoms with Crippen LogP contribution < -0.4 is 0 Å². The fourth-order valence-electron chi connectivity index (χ4n) is 8.36. The molecule has 0 saturated heterocycles. The molecule has 69 heavy (non-hydrogen) atoms. The van der Waals surface area contributed by atoms with Gasteiger partial charge in [-0.15, -0.1) is 0 Å². The molecule has 0 aliphatic rings. The van der Waals surface area contributed by atoms with Crippen LogP contribution >= 0.6 is 0 Å². The van der Waals surface area contributed by atoms with Gasteiger partial charge >= 0.3 is 30.0 Å². The van der Waals surface area contributed by atoms with E-state index >= 15 is 0 Å². The van der Waals surface area contributed by atoms with Crippen molar-refractivity contribution in [1.82, 2.24) is 4.90 Å². The first-order valence-electron chi connectivity index (χ1n) is 28.7. The van der Waals surface area contributed by atoms with Crippen LogP contribution in [-0.2, 0) is 47.6 Å². The molecule has 12 nitrogen and oxygen atoms in total. The van der Waals surface area contributed by atoms with Crippen molar-refractivity contribution in [1.29, 1.82) is 0 Å². The summed E-state index contributed by atoms with van der Waals surface area (Å²) >= 11 is 0. The van der Waals surface area contributed by atoms with Gasteiger partial charge in [0.2, 0.25) is 0 Å². The second kappa shape index (κ2) is 51.5. The van der Waals surface area contributed by atoms with Gasteiger partial charge in [-0.3, -0.25) is 19.2 Å². The first kappa shape index (κ1) is 66.1. The van der Waals surface area contributed by atoms with E-state index in [4.69, 9.17) is 28.4 Å². The highest BCUT2D eigenvalue weighted by molar-refractivity contribution is 5.70. The summed E-state index contributed by atoms with van der Waals surface area (Å²) in [5.41, 5.74) is 0. The van der Waals surface area contributed by atoms with Gasteiger partial charge < -0.3 is 33.3 Å². The smallest absolute Gasteiger partial charge is 0.466 e. The van der Waals surface area contributed by atoms with Crippen molar-refractivity contribution in [2.75, 3.05) is 60.3 Å². The third-order valence-electron chi connectivity index (χ3n) is 12.9. The average Bonchev–Trinajstić information content (AvgIpc) is 3.33. The zero-order valence-electron chi connectivity index (χ0n) is 45.4. The van der Waals surface area contributed by atoms with Crippen LogP contribution in [0, 0.1) is 11.8 Å². The van der Waals surface area contributed by atoms with Crippen LogP contribution in [-0.4, -0.2) is 95.2 Å². The molecule has 1 unspecified atom stereocenters. The highest BCUT2D eigenvalue weighted by Gasteiger charge is 2.19. The first-order chi connectivity index (χ1) is 33.6. The summed E-state index contributed by atoms with van der Waals surface area (Å²) in [6, 6.07) is 0. The lowest BCUT2D eigenvalue weighted by Crippen LogP contribution is -2.26. The van der Waals surface area contributed by atoms with E-state index in [1.807, 2.05) is 0 Å². The maximum Gasteiger partial charge on any atom is 0.508 e. The Morgan fingerprint density at radius 3 is 1.06 bits per heavy atom. The molecule has 0 amide bonds. The minimum Gasteiger partial charge on any atom is -0.466 e. The van der Waals surface area contributed by atoms with E-state index in [0.29, 0.717) is 44.8 Å². The van der Waals surface area contributed by atoms with E-state index in [0.717, 1.165) is 122 Å². The lowest BCUT2D eigenvalue weighted by Gasteiger charge is -2.19. The second-order valence-electron chi connectivity index (χ2n) is 20.0. The van der Waals surface area contributed by atoms with Gasteiger partial charge in [0.15, 0.2) is 0 Å². The molecule has 0 aromatic heterocycles. The molecule has 0 fully saturated rings. The van der Waals surface area contributed by atoms with E-state index in [9.17, 15) is 24.0 Å². The summed E-state index contributed by atoms with van der Waals surface area (Å²) < 4.78 is 32.9. The number of ether oxygens (including phenoxy) is 6. The van der Waals surface area contributed by atoms with E-state index in [2.05, 4.69) is 39.8 Å². The Balaban J connectivity index is 4.70. The minimum absolute atomic E-state index is 0.0346. The Kier molecular flexibility index (Phi) is 49.3. The van der Waals surface area contributed by atoms with Gasteiger partial charge in [0.05, 0.1) is 25.7 Å².